The van der Waals surface area contributed by atoms with Crippen molar-refractivity contribution in [2.24, 2.45) is 5.92 Å². The smallest absolute Gasteiger partial charge is 0.279 e. The van der Waals surface area contributed by atoms with E-state index in [1.807, 2.05) is 0 Å². The maximum absolute atomic E-state index is 13.9. The fraction of sp³-hybridized carbons (Fsp3) is 0.500. The largest absolute Gasteiger partial charge is 0.497 e. The van der Waals surface area contributed by atoms with Crippen LogP contribution in [0.3, 0.4) is 0 Å². The van der Waals surface area contributed by atoms with Crippen LogP contribution in [0.2, 0.25) is 0 Å². The van der Waals surface area contributed by atoms with Crippen molar-refractivity contribution < 1.29 is 18.3 Å². The highest BCUT2D eigenvalue weighted by Crippen LogP contribution is 2.42. The molecule has 1 aromatic rings. The van der Waals surface area contributed by atoms with Gasteiger partial charge in [-0.1, -0.05) is 13.8 Å². The van der Waals surface area contributed by atoms with Gasteiger partial charge in [0.05, 0.1) is 19.8 Å². The van der Waals surface area contributed by atoms with E-state index in [0.717, 1.165) is 0 Å². The molecule has 0 heterocycles. The lowest BCUT2D eigenvalue weighted by Crippen LogP contribution is -2.21. The lowest BCUT2D eigenvalue weighted by molar-refractivity contribution is -0.0532. The number of ether oxygens (including phenoxy) is 2. The van der Waals surface area contributed by atoms with Crippen LogP contribution in [0, 0.1) is 5.92 Å². The van der Waals surface area contributed by atoms with Gasteiger partial charge in [0.1, 0.15) is 11.5 Å². The monoisotopic (exact) mass is 230 g/mol. The normalized spacial score (nSPS) is 11.7. The standard InChI is InChI=1S/C12H16F2O2/c1-8(2)12(13,14)10-7-9(15-3)5-6-11(10)16-4/h5-8H,1-4H3. The number of alkyl halides is 2. The van der Waals surface area contributed by atoms with Crippen LogP contribution in [0.15, 0.2) is 18.2 Å². The average molecular weight is 230 g/mol. The molecule has 0 bridgehead atoms. The number of benzene rings is 1. The van der Waals surface area contributed by atoms with Crippen molar-refractivity contribution in [1.29, 1.82) is 0 Å². The van der Waals surface area contributed by atoms with E-state index in [-0.39, 0.29) is 11.3 Å². The third-order valence-corrected chi connectivity index (χ3v) is 2.49. The molecule has 1 rings (SSSR count). The summed E-state index contributed by atoms with van der Waals surface area (Å²) < 4.78 is 37.7. The molecule has 0 amide bonds. The van der Waals surface area contributed by atoms with E-state index in [1.54, 1.807) is 6.07 Å². The highest BCUT2D eigenvalue weighted by atomic mass is 19.3. The van der Waals surface area contributed by atoms with E-state index in [1.165, 1.54) is 40.2 Å². The minimum atomic E-state index is -2.93. The van der Waals surface area contributed by atoms with Gasteiger partial charge >= 0.3 is 0 Å². The molecule has 16 heavy (non-hydrogen) atoms. The summed E-state index contributed by atoms with van der Waals surface area (Å²) in [6, 6.07) is 4.40. The zero-order valence-corrected chi connectivity index (χ0v) is 9.88. The predicted octanol–water partition coefficient (Wildman–Crippen LogP) is 3.45. The molecule has 2 nitrogen and oxygen atoms in total. The van der Waals surface area contributed by atoms with Gasteiger partial charge in [-0.05, 0) is 18.2 Å². The number of hydrogen-bond acceptors (Lipinski definition) is 2. The highest BCUT2D eigenvalue weighted by molar-refractivity contribution is 5.43. The lowest BCUT2D eigenvalue weighted by Gasteiger charge is -2.23. The minimum absolute atomic E-state index is 0.135. The maximum atomic E-state index is 13.9. The Morgan fingerprint density at radius 2 is 1.75 bits per heavy atom. The van der Waals surface area contributed by atoms with Gasteiger partial charge in [-0.3, -0.25) is 0 Å². The molecule has 0 unspecified atom stereocenters. The molecule has 0 spiro atoms. The maximum Gasteiger partial charge on any atom is 0.279 e. The first kappa shape index (κ1) is 12.7. The molecule has 0 aliphatic carbocycles. The van der Waals surface area contributed by atoms with Gasteiger partial charge in [-0.25, -0.2) is 8.78 Å². The summed E-state index contributed by atoms with van der Waals surface area (Å²) >= 11 is 0. The van der Waals surface area contributed by atoms with Crippen molar-refractivity contribution in [1.82, 2.24) is 0 Å². The molecule has 0 fully saturated rings. The van der Waals surface area contributed by atoms with E-state index in [9.17, 15) is 8.78 Å². The van der Waals surface area contributed by atoms with Crippen LogP contribution in [0.1, 0.15) is 19.4 Å². The van der Waals surface area contributed by atoms with E-state index in [0.29, 0.717) is 5.75 Å². The van der Waals surface area contributed by atoms with Gasteiger partial charge in [-0.15, -0.1) is 0 Å². The summed E-state index contributed by atoms with van der Waals surface area (Å²) in [5, 5.41) is 0. The van der Waals surface area contributed by atoms with Crippen molar-refractivity contribution in [3.05, 3.63) is 23.8 Å². The van der Waals surface area contributed by atoms with Crippen LogP contribution >= 0.6 is 0 Å². The molecule has 0 aliphatic heterocycles. The Bertz CT molecular complexity index is 362. The fourth-order valence-electron chi connectivity index (χ4n) is 1.39. The summed E-state index contributed by atoms with van der Waals surface area (Å²) in [5.74, 6) is -3.15. The molecule has 0 aliphatic rings. The predicted molar refractivity (Wildman–Crippen MR) is 58.3 cm³/mol. The first-order valence-electron chi connectivity index (χ1n) is 5.03. The summed E-state index contributed by atoms with van der Waals surface area (Å²) in [6.07, 6.45) is 0. The number of halogens is 2. The summed E-state index contributed by atoms with van der Waals surface area (Å²) in [4.78, 5) is 0. The zero-order valence-electron chi connectivity index (χ0n) is 9.88. The van der Waals surface area contributed by atoms with Crippen molar-refractivity contribution in [3.8, 4) is 11.5 Å². The molecule has 0 saturated carbocycles. The van der Waals surface area contributed by atoms with Gasteiger partial charge in [0.2, 0.25) is 0 Å². The van der Waals surface area contributed by atoms with Gasteiger partial charge in [0.15, 0.2) is 0 Å². The first-order chi connectivity index (χ1) is 7.43. The fourth-order valence-corrected chi connectivity index (χ4v) is 1.39. The minimum Gasteiger partial charge on any atom is -0.497 e. The van der Waals surface area contributed by atoms with Gasteiger partial charge in [-0.2, -0.15) is 0 Å². The Balaban J connectivity index is 3.28. The van der Waals surface area contributed by atoms with E-state index in [2.05, 4.69) is 0 Å². The van der Waals surface area contributed by atoms with Crippen LogP contribution in [-0.2, 0) is 5.92 Å². The summed E-state index contributed by atoms with van der Waals surface area (Å²) in [6.45, 7) is 2.94. The zero-order chi connectivity index (χ0) is 12.3. The number of methoxy groups -OCH3 is 2. The lowest BCUT2D eigenvalue weighted by atomic mass is 9.97. The SMILES string of the molecule is COc1ccc(OC)c(C(F)(F)C(C)C)c1. The molecule has 90 valence electrons. The van der Waals surface area contributed by atoms with Crippen LogP contribution in [-0.4, -0.2) is 14.2 Å². The second-order valence-corrected chi connectivity index (χ2v) is 3.84. The molecule has 0 N–H and O–H groups in total. The third kappa shape index (κ3) is 2.26. The molecule has 0 aromatic heterocycles. The average Bonchev–Trinajstić information content (AvgIpc) is 2.27. The van der Waals surface area contributed by atoms with E-state index >= 15 is 0 Å². The highest BCUT2D eigenvalue weighted by Gasteiger charge is 2.38. The van der Waals surface area contributed by atoms with Crippen LogP contribution in [0.4, 0.5) is 8.78 Å². The Labute approximate surface area is 94.2 Å². The molecular weight excluding hydrogens is 214 g/mol. The Kier molecular flexibility index (Phi) is 3.73. The van der Waals surface area contributed by atoms with Gasteiger partial charge in [0, 0.05) is 5.92 Å². The quantitative estimate of drug-likeness (QED) is 0.788. The van der Waals surface area contributed by atoms with Crippen LogP contribution in [0.25, 0.3) is 0 Å². The van der Waals surface area contributed by atoms with Crippen molar-refractivity contribution in [3.63, 3.8) is 0 Å². The van der Waals surface area contributed by atoms with Crippen LogP contribution in [0.5, 0.6) is 11.5 Å². The Hall–Kier alpha value is -1.32. The molecule has 0 radical (unpaired) electrons. The summed E-state index contributed by atoms with van der Waals surface area (Å²) in [7, 11) is 2.82. The van der Waals surface area contributed by atoms with E-state index in [4.69, 9.17) is 9.47 Å². The molecule has 4 heteroatoms. The first-order valence-corrected chi connectivity index (χ1v) is 5.03. The van der Waals surface area contributed by atoms with Gasteiger partial charge in [0.25, 0.3) is 5.92 Å². The third-order valence-electron chi connectivity index (χ3n) is 2.49. The van der Waals surface area contributed by atoms with Crippen molar-refractivity contribution in [2.75, 3.05) is 14.2 Å². The Morgan fingerprint density at radius 1 is 1.12 bits per heavy atom. The number of rotatable bonds is 4. The molecular formula is C12H16F2O2. The second kappa shape index (κ2) is 4.68. The Morgan fingerprint density at radius 3 is 2.19 bits per heavy atom. The second-order valence-electron chi connectivity index (χ2n) is 3.84. The molecule has 1 aromatic carbocycles. The van der Waals surface area contributed by atoms with Crippen molar-refractivity contribution >= 4 is 0 Å². The van der Waals surface area contributed by atoms with Gasteiger partial charge < -0.3 is 9.47 Å². The van der Waals surface area contributed by atoms with Crippen LogP contribution < -0.4 is 9.47 Å². The number of hydrogen-bond donors (Lipinski definition) is 0. The molecule has 0 atom stereocenters. The van der Waals surface area contributed by atoms with E-state index < -0.39 is 11.8 Å². The topological polar surface area (TPSA) is 18.5 Å². The van der Waals surface area contributed by atoms with Crippen molar-refractivity contribution in [2.45, 2.75) is 19.8 Å². The summed E-state index contributed by atoms with van der Waals surface area (Å²) in [5.41, 5.74) is -0.135. The molecule has 0 saturated heterocycles.